The summed E-state index contributed by atoms with van der Waals surface area (Å²) in [5.41, 5.74) is -4.37. The summed E-state index contributed by atoms with van der Waals surface area (Å²) in [5.74, 6) is -3.42. The normalized spacial score (nSPS) is 13.0. The van der Waals surface area contributed by atoms with Crippen molar-refractivity contribution in [1.82, 2.24) is 0 Å². The Morgan fingerprint density at radius 1 is 1.25 bits per heavy atom. The third-order valence-electron chi connectivity index (χ3n) is 2.37. The van der Waals surface area contributed by atoms with E-state index in [1.807, 2.05) is 0 Å². The van der Waals surface area contributed by atoms with Gasteiger partial charge in [-0.05, 0) is 6.07 Å². The second kappa shape index (κ2) is 8.01. The highest BCUT2D eigenvalue weighted by atomic mass is 19.4. The van der Waals surface area contributed by atoms with Gasteiger partial charge in [0.1, 0.15) is 0 Å². The van der Waals surface area contributed by atoms with E-state index in [0.29, 0.717) is 6.07 Å². The van der Waals surface area contributed by atoms with Gasteiger partial charge in [-0.2, -0.15) is 13.2 Å². The first-order valence-electron chi connectivity index (χ1n) is 5.79. The number of benzene rings is 1. The lowest BCUT2D eigenvalue weighted by Crippen LogP contribution is -2.42. The summed E-state index contributed by atoms with van der Waals surface area (Å²) < 4.78 is 36.0. The smallest absolute Gasteiger partial charge is 0.416 e. The Morgan fingerprint density at radius 2 is 1.79 bits per heavy atom. The zero-order valence-electron chi connectivity index (χ0n) is 11.6. The van der Waals surface area contributed by atoms with Gasteiger partial charge in [0.15, 0.2) is 6.29 Å². The number of hydrogen-bond acceptors (Lipinski definition) is 6. The van der Waals surface area contributed by atoms with Crippen LogP contribution in [0.5, 0.6) is 0 Å². The lowest BCUT2D eigenvalue weighted by Gasteiger charge is -2.12. The second-order valence-electron chi connectivity index (χ2n) is 4.22. The topological polar surface area (TPSA) is 155 Å². The van der Waals surface area contributed by atoms with Crippen molar-refractivity contribution in [2.45, 2.75) is 18.2 Å². The van der Waals surface area contributed by atoms with E-state index in [4.69, 9.17) is 15.3 Å². The van der Waals surface area contributed by atoms with E-state index in [1.54, 1.807) is 0 Å². The van der Waals surface area contributed by atoms with Crippen LogP contribution in [-0.4, -0.2) is 44.1 Å². The molecule has 0 fully saturated rings. The number of carboxylic acids is 2. The zero-order chi connectivity index (χ0) is 19.1. The predicted molar refractivity (Wildman–Crippen MR) is 69.0 cm³/mol. The first kappa shape index (κ1) is 21.0. The number of aliphatic carboxylic acids is 2. The molecule has 0 amide bonds. The van der Waals surface area contributed by atoms with Gasteiger partial charge in [-0.1, -0.05) is 6.07 Å². The molecule has 1 aromatic carbocycles. The number of aldehydes is 1. The van der Waals surface area contributed by atoms with Crippen LogP contribution >= 0.6 is 0 Å². The van der Waals surface area contributed by atoms with Crippen molar-refractivity contribution in [2.24, 2.45) is 0 Å². The minimum atomic E-state index is -4.54. The molecular formula is C12H10F3NO8. The van der Waals surface area contributed by atoms with E-state index in [9.17, 15) is 37.7 Å². The Balaban J connectivity index is 0.000000449. The first-order chi connectivity index (χ1) is 10.8. The van der Waals surface area contributed by atoms with Crippen LogP contribution in [0.15, 0.2) is 24.3 Å². The number of carbonyl (C=O) groups is 3. The van der Waals surface area contributed by atoms with Crippen molar-refractivity contribution >= 4 is 23.9 Å². The number of hydrogen-bond donors (Lipinski definition) is 3. The molecular weight excluding hydrogens is 343 g/mol. The molecule has 3 N–H and O–H groups in total. The molecule has 0 saturated carbocycles. The van der Waals surface area contributed by atoms with Crippen LogP contribution in [0.3, 0.4) is 0 Å². The maximum Gasteiger partial charge on any atom is 0.416 e. The molecule has 0 aliphatic heterocycles. The number of rotatable bonds is 5. The fraction of sp³-hybridized carbons (Fsp3) is 0.250. The molecule has 1 atom stereocenters. The average Bonchev–Trinajstić information content (AvgIpc) is 2.46. The van der Waals surface area contributed by atoms with Crippen LogP contribution in [-0.2, 0) is 20.6 Å². The van der Waals surface area contributed by atoms with Crippen molar-refractivity contribution in [1.29, 1.82) is 0 Å². The highest BCUT2D eigenvalue weighted by Gasteiger charge is 2.38. The summed E-state index contributed by atoms with van der Waals surface area (Å²) >= 11 is 0. The van der Waals surface area contributed by atoms with E-state index in [2.05, 4.69) is 0 Å². The van der Waals surface area contributed by atoms with Gasteiger partial charge in [0.25, 0.3) is 5.69 Å². The standard InChI is InChI=1S/C7H4F3NO2.C5H6O6/c8-7(9,10)5-2-1-3-6(4-5)11(12)13;6-2-5(11,4(9)10)1-3(7)8/h1-4H;2,11H,1H2,(H,7,8)(H,9,10). The fourth-order valence-corrected chi connectivity index (χ4v) is 1.19. The quantitative estimate of drug-likeness (QED) is 0.307. The van der Waals surface area contributed by atoms with E-state index < -0.39 is 46.3 Å². The van der Waals surface area contributed by atoms with Crippen molar-refractivity contribution in [3.05, 3.63) is 39.9 Å². The number of nitrogens with zero attached hydrogens (tertiary/aromatic N) is 1. The number of nitro benzene ring substituents is 1. The van der Waals surface area contributed by atoms with E-state index in [-0.39, 0.29) is 6.29 Å². The largest absolute Gasteiger partial charge is 0.481 e. The molecule has 9 nitrogen and oxygen atoms in total. The molecule has 1 aromatic rings. The van der Waals surface area contributed by atoms with Gasteiger partial charge in [0.2, 0.25) is 5.60 Å². The van der Waals surface area contributed by atoms with Crippen LogP contribution in [0.2, 0.25) is 0 Å². The van der Waals surface area contributed by atoms with Gasteiger partial charge in [-0.25, -0.2) is 4.79 Å². The number of nitro groups is 1. The van der Waals surface area contributed by atoms with Crippen LogP contribution in [0, 0.1) is 10.1 Å². The number of halogens is 3. The maximum atomic E-state index is 12.0. The van der Waals surface area contributed by atoms with Crippen LogP contribution in [0.25, 0.3) is 0 Å². The molecule has 12 heteroatoms. The number of carboxylic acid groups (broad SMARTS) is 2. The zero-order valence-corrected chi connectivity index (χ0v) is 11.6. The summed E-state index contributed by atoms with van der Waals surface area (Å²) in [6.45, 7) is 0. The molecule has 1 rings (SSSR count). The minimum Gasteiger partial charge on any atom is -0.481 e. The first-order valence-corrected chi connectivity index (χ1v) is 5.79. The second-order valence-corrected chi connectivity index (χ2v) is 4.22. The number of non-ortho nitro benzene ring substituents is 1. The maximum absolute atomic E-state index is 12.0. The number of aliphatic hydroxyl groups is 1. The predicted octanol–water partition coefficient (Wildman–Crippen LogP) is 1.09. The van der Waals surface area contributed by atoms with Gasteiger partial charge in [0, 0.05) is 12.1 Å². The Labute approximate surface area is 131 Å². The summed E-state index contributed by atoms with van der Waals surface area (Å²) in [6, 6.07) is 3.29. The summed E-state index contributed by atoms with van der Waals surface area (Å²) in [6.07, 6.45) is -5.98. The third-order valence-corrected chi connectivity index (χ3v) is 2.37. The molecule has 0 bridgehead atoms. The lowest BCUT2D eigenvalue weighted by molar-refractivity contribution is -0.385. The summed E-state index contributed by atoms with van der Waals surface area (Å²) in [7, 11) is 0. The molecule has 0 aliphatic rings. The fourth-order valence-electron chi connectivity index (χ4n) is 1.19. The van der Waals surface area contributed by atoms with Crippen molar-refractivity contribution in [3.8, 4) is 0 Å². The molecule has 0 radical (unpaired) electrons. The lowest BCUT2D eigenvalue weighted by atomic mass is 10.0. The van der Waals surface area contributed by atoms with Crippen molar-refractivity contribution in [3.63, 3.8) is 0 Å². The van der Waals surface area contributed by atoms with Gasteiger partial charge < -0.3 is 15.3 Å². The van der Waals surface area contributed by atoms with Crippen molar-refractivity contribution in [2.75, 3.05) is 0 Å². The molecule has 0 aliphatic carbocycles. The Hall–Kier alpha value is -3.02. The third kappa shape index (κ3) is 6.39. The van der Waals surface area contributed by atoms with Crippen molar-refractivity contribution < 1.29 is 47.8 Å². The monoisotopic (exact) mass is 353 g/mol. The number of carbonyl (C=O) groups excluding carboxylic acids is 1. The Bertz CT molecular complexity index is 645. The van der Waals surface area contributed by atoms with E-state index in [1.165, 1.54) is 0 Å². The molecule has 0 aromatic heterocycles. The highest BCUT2D eigenvalue weighted by Crippen LogP contribution is 2.30. The van der Waals surface area contributed by atoms with Crippen LogP contribution in [0.1, 0.15) is 12.0 Å². The van der Waals surface area contributed by atoms with E-state index >= 15 is 0 Å². The molecule has 24 heavy (non-hydrogen) atoms. The molecule has 0 heterocycles. The SMILES string of the molecule is O=CC(O)(CC(=O)O)C(=O)O.O=[N+]([O-])c1cccc(C(F)(F)F)c1. The Kier molecular flexibility index (Phi) is 7.00. The number of alkyl halides is 3. The minimum absolute atomic E-state index is 0.316. The van der Waals surface area contributed by atoms with Gasteiger partial charge in [-0.15, -0.1) is 0 Å². The Morgan fingerprint density at radius 3 is 2.08 bits per heavy atom. The van der Waals surface area contributed by atoms with Crippen LogP contribution in [0.4, 0.5) is 18.9 Å². The molecule has 132 valence electrons. The molecule has 0 saturated heterocycles. The van der Waals surface area contributed by atoms with Crippen LogP contribution < -0.4 is 0 Å². The summed E-state index contributed by atoms with van der Waals surface area (Å²) in [5, 5.41) is 35.0. The highest BCUT2D eigenvalue weighted by molar-refractivity contribution is 5.98. The molecule has 0 spiro atoms. The molecule has 1 unspecified atom stereocenters. The van der Waals surface area contributed by atoms with Gasteiger partial charge >= 0.3 is 18.1 Å². The van der Waals surface area contributed by atoms with Gasteiger partial charge in [-0.3, -0.25) is 19.7 Å². The van der Waals surface area contributed by atoms with E-state index in [0.717, 1.165) is 18.2 Å². The van der Waals surface area contributed by atoms with Gasteiger partial charge in [0.05, 0.1) is 16.9 Å². The average molecular weight is 353 g/mol. The summed E-state index contributed by atoms with van der Waals surface area (Å²) in [4.78, 5) is 39.1.